The van der Waals surface area contributed by atoms with E-state index in [9.17, 15) is 9.59 Å². The van der Waals surface area contributed by atoms with Gasteiger partial charge in [0.1, 0.15) is 6.26 Å². The highest BCUT2D eigenvalue weighted by Crippen LogP contribution is 2.28. The monoisotopic (exact) mass is 307 g/mol. The van der Waals surface area contributed by atoms with Crippen LogP contribution in [-0.2, 0) is 11.3 Å². The summed E-state index contributed by atoms with van der Waals surface area (Å²) in [4.78, 5) is 30.2. The van der Waals surface area contributed by atoms with Crippen molar-refractivity contribution in [1.82, 2.24) is 15.2 Å². The molecular formula is C16H25N3O3. The summed E-state index contributed by atoms with van der Waals surface area (Å²) >= 11 is 0. The predicted molar refractivity (Wildman–Crippen MR) is 82.2 cm³/mol. The van der Waals surface area contributed by atoms with Crippen molar-refractivity contribution in [1.29, 1.82) is 0 Å². The molecule has 0 spiro atoms. The van der Waals surface area contributed by atoms with Gasteiger partial charge in [-0.25, -0.2) is 4.98 Å². The van der Waals surface area contributed by atoms with Crippen molar-refractivity contribution in [2.75, 3.05) is 13.1 Å². The van der Waals surface area contributed by atoms with Gasteiger partial charge in [0.15, 0.2) is 5.69 Å². The van der Waals surface area contributed by atoms with Crippen LogP contribution in [0.3, 0.4) is 0 Å². The SMILES string of the molecule is CCCNC(=O)c1coc(CN(CCC)C(=O)C2CCC2)n1. The van der Waals surface area contributed by atoms with Crippen LogP contribution in [0.1, 0.15) is 62.3 Å². The summed E-state index contributed by atoms with van der Waals surface area (Å²) in [6, 6.07) is 0. The van der Waals surface area contributed by atoms with Gasteiger partial charge in [-0.15, -0.1) is 0 Å². The molecule has 1 fully saturated rings. The molecule has 1 aromatic heterocycles. The Labute approximate surface area is 131 Å². The third-order valence-corrected chi connectivity index (χ3v) is 3.91. The number of nitrogens with one attached hydrogen (secondary N) is 1. The highest BCUT2D eigenvalue weighted by Gasteiger charge is 2.29. The number of carbonyl (C=O) groups excluding carboxylic acids is 2. The summed E-state index contributed by atoms with van der Waals surface area (Å²) in [5, 5.41) is 2.76. The van der Waals surface area contributed by atoms with Gasteiger partial charge in [-0.3, -0.25) is 9.59 Å². The number of aromatic nitrogens is 1. The fraction of sp³-hybridized carbons (Fsp3) is 0.688. The third-order valence-electron chi connectivity index (χ3n) is 3.91. The number of amides is 2. The fourth-order valence-electron chi connectivity index (χ4n) is 2.43. The molecule has 1 aromatic rings. The maximum atomic E-state index is 12.4. The first kappa shape index (κ1) is 16.5. The first-order valence-electron chi connectivity index (χ1n) is 8.17. The lowest BCUT2D eigenvalue weighted by Crippen LogP contribution is -2.39. The molecule has 22 heavy (non-hydrogen) atoms. The second kappa shape index (κ2) is 7.96. The molecule has 1 aliphatic rings. The van der Waals surface area contributed by atoms with Gasteiger partial charge >= 0.3 is 0 Å². The number of rotatable bonds is 8. The summed E-state index contributed by atoms with van der Waals surface area (Å²) in [7, 11) is 0. The van der Waals surface area contributed by atoms with Gasteiger partial charge in [0.05, 0.1) is 6.54 Å². The van der Waals surface area contributed by atoms with E-state index in [4.69, 9.17) is 4.42 Å². The maximum absolute atomic E-state index is 12.4. The van der Waals surface area contributed by atoms with Gasteiger partial charge in [-0.2, -0.15) is 0 Å². The number of oxazole rings is 1. The molecule has 122 valence electrons. The van der Waals surface area contributed by atoms with E-state index in [0.717, 1.165) is 32.1 Å². The Morgan fingerprint density at radius 1 is 1.36 bits per heavy atom. The van der Waals surface area contributed by atoms with Crippen LogP contribution < -0.4 is 5.32 Å². The fourth-order valence-corrected chi connectivity index (χ4v) is 2.43. The van der Waals surface area contributed by atoms with Crippen LogP contribution in [-0.4, -0.2) is 34.8 Å². The van der Waals surface area contributed by atoms with E-state index in [1.54, 1.807) is 4.90 Å². The lowest BCUT2D eigenvalue weighted by molar-refractivity contribution is -0.139. The van der Waals surface area contributed by atoms with Crippen LogP contribution in [0.25, 0.3) is 0 Å². The molecule has 0 bridgehead atoms. The summed E-state index contributed by atoms with van der Waals surface area (Å²) in [6.45, 7) is 5.67. The van der Waals surface area contributed by atoms with E-state index in [2.05, 4.69) is 10.3 Å². The zero-order valence-corrected chi connectivity index (χ0v) is 13.4. The molecule has 0 saturated heterocycles. The molecule has 2 amide bonds. The minimum atomic E-state index is -0.232. The molecular weight excluding hydrogens is 282 g/mol. The van der Waals surface area contributed by atoms with Crippen molar-refractivity contribution < 1.29 is 14.0 Å². The Hall–Kier alpha value is -1.85. The standard InChI is InChI=1S/C16H25N3O3/c1-3-8-17-15(20)13-11-22-14(18-13)10-19(9-4-2)16(21)12-6-5-7-12/h11-12H,3-10H2,1-2H3,(H,17,20). The van der Waals surface area contributed by atoms with Crippen molar-refractivity contribution in [3.8, 4) is 0 Å². The molecule has 1 saturated carbocycles. The Balaban J connectivity index is 1.96. The molecule has 6 heteroatoms. The van der Waals surface area contributed by atoms with E-state index in [0.29, 0.717) is 25.5 Å². The van der Waals surface area contributed by atoms with E-state index in [-0.39, 0.29) is 23.4 Å². The normalized spacial score (nSPS) is 14.5. The predicted octanol–water partition coefficient (Wildman–Crippen LogP) is 2.35. The van der Waals surface area contributed by atoms with E-state index < -0.39 is 0 Å². The average Bonchev–Trinajstić information content (AvgIpc) is 2.91. The molecule has 0 unspecified atom stereocenters. The lowest BCUT2D eigenvalue weighted by Gasteiger charge is -2.30. The van der Waals surface area contributed by atoms with Crippen LogP contribution in [0.15, 0.2) is 10.7 Å². The Morgan fingerprint density at radius 3 is 2.73 bits per heavy atom. The number of carbonyl (C=O) groups is 2. The lowest BCUT2D eigenvalue weighted by atomic mass is 9.84. The summed E-state index contributed by atoms with van der Waals surface area (Å²) < 4.78 is 5.36. The summed E-state index contributed by atoms with van der Waals surface area (Å²) in [5.41, 5.74) is 0.274. The van der Waals surface area contributed by atoms with Gasteiger partial charge < -0.3 is 14.6 Å². The van der Waals surface area contributed by atoms with Gasteiger partial charge in [0.2, 0.25) is 11.8 Å². The molecule has 0 atom stereocenters. The molecule has 0 radical (unpaired) electrons. The first-order valence-corrected chi connectivity index (χ1v) is 8.17. The average molecular weight is 307 g/mol. The topological polar surface area (TPSA) is 75.4 Å². The zero-order valence-electron chi connectivity index (χ0n) is 13.4. The summed E-state index contributed by atoms with van der Waals surface area (Å²) in [6.07, 6.45) is 6.22. The molecule has 2 rings (SSSR count). The van der Waals surface area contributed by atoms with Crippen molar-refractivity contribution >= 4 is 11.8 Å². The third kappa shape index (κ3) is 4.08. The Bertz CT molecular complexity index is 508. The van der Waals surface area contributed by atoms with Crippen molar-refractivity contribution in [3.05, 3.63) is 17.8 Å². The van der Waals surface area contributed by atoms with Crippen molar-refractivity contribution in [3.63, 3.8) is 0 Å². The minimum absolute atomic E-state index is 0.161. The van der Waals surface area contributed by atoms with E-state index >= 15 is 0 Å². The number of hydrogen-bond acceptors (Lipinski definition) is 4. The highest BCUT2D eigenvalue weighted by molar-refractivity contribution is 5.91. The van der Waals surface area contributed by atoms with Crippen molar-refractivity contribution in [2.45, 2.75) is 52.5 Å². The zero-order chi connectivity index (χ0) is 15.9. The minimum Gasteiger partial charge on any atom is -0.446 e. The number of nitrogens with zero attached hydrogens (tertiary/aromatic N) is 2. The van der Waals surface area contributed by atoms with Crippen molar-refractivity contribution in [2.24, 2.45) is 5.92 Å². The Kier molecular flexibility index (Phi) is 5.98. The van der Waals surface area contributed by atoms with Crippen LogP contribution in [0.5, 0.6) is 0 Å². The van der Waals surface area contributed by atoms with Crippen LogP contribution in [0.2, 0.25) is 0 Å². The summed E-state index contributed by atoms with van der Waals surface area (Å²) in [5.74, 6) is 0.532. The number of hydrogen-bond donors (Lipinski definition) is 1. The highest BCUT2D eigenvalue weighted by atomic mass is 16.3. The van der Waals surface area contributed by atoms with Gasteiger partial charge in [0.25, 0.3) is 5.91 Å². The Morgan fingerprint density at radius 2 is 2.14 bits per heavy atom. The molecule has 1 aliphatic carbocycles. The van der Waals surface area contributed by atoms with E-state index in [1.807, 2.05) is 13.8 Å². The van der Waals surface area contributed by atoms with Gasteiger partial charge in [-0.1, -0.05) is 20.3 Å². The molecule has 0 aromatic carbocycles. The quantitative estimate of drug-likeness (QED) is 0.800. The van der Waals surface area contributed by atoms with Crippen LogP contribution in [0, 0.1) is 5.92 Å². The van der Waals surface area contributed by atoms with E-state index in [1.165, 1.54) is 6.26 Å². The molecule has 1 heterocycles. The molecule has 1 N–H and O–H groups in total. The van der Waals surface area contributed by atoms with Gasteiger partial charge in [0, 0.05) is 19.0 Å². The smallest absolute Gasteiger partial charge is 0.273 e. The largest absolute Gasteiger partial charge is 0.446 e. The van der Waals surface area contributed by atoms with Gasteiger partial charge in [-0.05, 0) is 25.7 Å². The second-order valence-electron chi connectivity index (χ2n) is 5.77. The first-order chi connectivity index (χ1) is 10.7. The van der Waals surface area contributed by atoms with Crippen LogP contribution in [0.4, 0.5) is 0 Å². The van der Waals surface area contributed by atoms with Crippen LogP contribution >= 0.6 is 0 Å². The maximum Gasteiger partial charge on any atom is 0.273 e. The molecule has 0 aliphatic heterocycles. The molecule has 6 nitrogen and oxygen atoms in total. The second-order valence-corrected chi connectivity index (χ2v) is 5.77.